The van der Waals surface area contributed by atoms with Crippen LogP contribution in [-0.4, -0.2) is 4.98 Å². The average Bonchev–Trinajstić information content (AvgIpc) is 2.14. The summed E-state index contributed by atoms with van der Waals surface area (Å²) >= 11 is 4.82. The lowest BCUT2D eigenvalue weighted by atomic mass is 10.4. The Morgan fingerprint density at radius 2 is 2.56 bits per heavy atom. The zero-order chi connectivity index (χ0) is 6.85. The van der Waals surface area contributed by atoms with Crippen LogP contribution in [0, 0.1) is 0 Å². The van der Waals surface area contributed by atoms with Crippen molar-refractivity contribution >= 4 is 27.3 Å². The molecule has 1 aromatic heterocycles. The van der Waals surface area contributed by atoms with Gasteiger partial charge in [0.2, 0.25) is 0 Å². The highest BCUT2D eigenvalue weighted by Gasteiger charge is 2.02. The molecule has 1 aromatic rings. The fourth-order valence-corrected chi connectivity index (χ4v) is 1.70. The molecule has 0 aliphatic carbocycles. The number of hydrogen-bond acceptors (Lipinski definition) is 3. The zero-order valence-electron chi connectivity index (χ0n) is 4.97. The van der Waals surface area contributed by atoms with Gasteiger partial charge < -0.3 is 5.73 Å². The van der Waals surface area contributed by atoms with E-state index in [0.29, 0.717) is 0 Å². The standard InChI is InChI=1S/C5H7BrN2S/c1-3(7)5-8-4(6)2-9-5/h2-3H,7H2,1H3. The maximum absolute atomic E-state index is 5.55. The molecular weight excluding hydrogens is 200 g/mol. The van der Waals surface area contributed by atoms with Gasteiger partial charge in [0.25, 0.3) is 0 Å². The van der Waals surface area contributed by atoms with Crippen LogP contribution in [0.3, 0.4) is 0 Å². The van der Waals surface area contributed by atoms with Gasteiger partial charge in [-0.3, -0.25) is 0 Å². The van der Waals surface area contributed by atoms with Crippen LogP contribution in [0.5, 0.6) is 0 Å². The van der Waals surface area contributed by atoms with Crippen molar-refractivity contribution in [3.63, 3.8) is 0 Å². The van der Waals surface area contributed by atoms with E-state index in [2.05, 4.69) is 20.9 Å². The zero-order valence-corrected chi connectivity index (χ0v) is 7.37. The molecule has 0 fully saturated rings. The second-order valence-electron chi connectivity index (χ2n) is 1.80. The van der Waals surface area contributed by atoms with Crippen molar-refractivity contribution in [3.05, 3.63) is 15.0 Å². The van der Waals surface area contributed by atoms with Crippen LogP contribution in [0.15, 0.2) is 9.98 Å². The number of halogens is 1. The maximum Gasteiger partial charge on any atom is 0.117 e. The number of hydrogen-bond donors (Lipinski definition) is 1. The van der Waals surface area contributed by atoms with Crippen molar-refractivity contribution in [1.82, 2.24) is 4.98 Å². The van der Waals surface area contributed by atoms with E-state index in [1.54, 1.807) is 11.3 Å². The predicted octanol–water partition coefficient (Wildman–Crippen LogP) is 1.93. The number of nitrogens with two attached hydrogens (primary N) is 1. The largest absolute Gasteiger partial charge is 0.322 e. The summed E-state index contributed by atoms with van der Waals surface area (Å²) in [4.78, 5) is 4.12. The molecule has 0 saturated carbocycles. The Bertz CT molecular complexity index is 197. The van der Waals surface area contributed by atoms with E-state index in [9.17, 15) is 0 Å². The minimum atomic E-state index is 0.0568. The first kappa shape index (κ1) is 7.18. The molecule has 0 aliphatic heterocycles. The molecule has 9 heavy (non-hydrogen) atoms. The predicted molar refractivity (Wildman–Crippen MR) is 42.4 cm³/mol. The number of rotatable bonds is 1. The Hall–Kier alpha value is 0.0700. The molecule has 0 aliphatic rings. The third-order valence-electron chi connectivity index (χ3n) is 0.883. The van der Waals surface area contributed by atoms with Crippen LogP contribution < -0.4 is 5.73 Å². The van der Waals surface area contributed by atoms with E-state index in [1.165, 1.54) is 0 Å². The van der Waals surface area contributed by atoms with E-state index < -0.39 is 0 Å². The minimum Gasteiger partial charge on any atom is -0.322 e. The molecular formula is C5H7BrN2S. The van der Waals surface area contributed by atoms with Crippen molar-refractivity contribution in [2.75, 3.05) is 0 Å². The Morgan fingerprint density at radius 3 is 2.78 bits per heavy atom. The second-order valence-corrected chi connectivity index (χ2v) is 3.50. The van der Waals surface area contributed by atoms with Gasteiger partial charge in [0.05, 0.1) is 6.04 Å². The summed E-state index contributed by atoms with van der Waals surface area (Å²) in [5.41, 5.74) is 5.55. The summed E-state index contributed by atoms with van der Waals surface area (Å²) in [6.45, 7) is 1.92. The monoisotopic (exact) mass is 206 g/mol. The van der Waals surface area contributed by atoms with Gasteiger partial charge >= 0.3 is 0 Å². The Labute approximate surface area is 66.2 Å². The molecule has 2 N–H and O–H groups in total. The highest BCUT2D eigenvalue weighted by molar-refractivity contribution is 9.10. The molecule has 0 aromatic carbocycles. The van der Waals surface area contributed by atoms with Crippen LogP contribution in [-0.2, 0) is 0 Å². The summed E-state index contributed by atoms with van der Waals surface area (Å²) in [5, 5.41) is 2.90. The van der Waals surface area contributed by atoms with Crippen molar-refractivity contribution in [1.29, 1.82) is 0 Å². The van der Waals surface area contributed by atoms with Gasteiger partial charge in [0.1, 0.15) is 9.61 Å². The lowest BCUT2D eigenvalue weighted by Crippen LogP contribution is -2.03. The molecule has 0 radical (unpaired) electrons. The summed E-state index contributed by atoms with van der Waals surface area (Å²) in [7, 11) is 0. The fourth-order valence-electron chi connectivity index (χ4n) is 0.476. The summed E-state index contributed by atoms with van der Waals surface area (Å²) in [6.07, 6.45) is 0. The van der Waals surface area contributed by atoms with Crippen molar-refractivity contribution in [2.45, 2.75) is 13.0 Å². The van der Waals surface area contributed by atoms with Crippen LogP contribution in [0.2, 0.25) is 0 Å². The van der Waals surface area contributed by atoms with Gasteiger partial charge in [-0.2, -0.15) is 0 Å². The molecule has 1 unspecified atom stereocenters. The minimum absolute atomic E-state index is 0.0568. The van der Waals surface area contributed by atoms with Gasteiger partial charge in [-0.1, -0.05) is 0 Å². The Morgan fingerprint density at radius 1 is 1.89 bits per heavy atom. The fraction of sp³-hybridized carbons (Fsp3) is 0.400. The van der Waals surface area contributed by atoms with E-state index in [0.717, 1.165) is 9.61 Å². The third-order valence-corrected chi connectivity index (χ3v) is 2.64. The molecule has 1 rings (SSSR count). The highest BCUT2D eigenvalue weighted by atomic mass is 79.9. The maximum atomic E-state index is 5.55. The van der Waals surface area contributed by atoms with Crippen LogP contribution >= 0.6 is 27.3 Å². The van der Waals surface area contributed by atoms with Gasteiger partial charge in [0.15, 0.2) is 0 Å². The highest BCUT2D eigenvalue weighted by Crippen LogP contribution is 2.18. The second kappa shape index (κ2) is 2.77. The topological polar surface area (TPSA) is 38.9 Å². The SMILES string of the molecule is CC(N)c1nc(Br)cs1. The van der Waals surface area contributed by atoms with E-state index >= 15 is 0 Å². The van der Waals surface area contributed by atoms with Gasteiger partial charge in [-0.15, -0.1) is 11.3 Å². The number of nitrogens with zero attached hydrogens (tertiary/aromatic N) is 1. The lowest BCUT2D eigenvalue weighted by molar-refractivity contribution is 0.804. The molecule has 0 saturated heterocycles. The summed E-state index contributed by atoms with van der Waals surface area (Å²) in [5.74, 6) is 0. The summed E-state index contributed by atoms with van der Waals surface area (Å²) in [6, 6.07) is 0.0568. The lowest BCUT2D eigenvalue weighted by Gasteiger charge is -1.95. The first-order valence-corrected chi connectivity index (χ1v) is 4.24. The molecule has 4 heteroatoms. The molecule has 1 heterocycles. The molecule has 1 atom stereocenters. The molecule has 50 valence electrons. The first-order chi connectivity index (χ1) is 4.20. The van der Waals surface area contributed by atoms with E-state index in [4.69, 9.17) is 5.73 Å². The van der Waals surface area contributed by atoms with Crippen LogP contribution in [0.1, 0.15) is 18.0 Å². The molecule has 0 amide bonds. The average molecular weight is 207 g/mol. The van der Waals surface area contributed by atoms with Crippen molar-refractivity contribution in [2.24, 2.45) is 5.73 Å². The molecule has 0 spiro atoms. The van der Waals surface area contributed by atoms with Crippen LogP contribution in [0.25, 0.3) is 0 Å². The summed E-state index contributed by atoms with van der Waals surface area (Å²) < 4.78 is 0.875. The normalized spacial score (nSPS) is 13.7. The number of thiazole rings is 1. The van der Waals surface area contributed by atoms with Crippen molar-refractivity contribution < 1.29 is 0 Å². The van der Waals surface area contributed by atoms with E-state index in [-0.39, 0.29) is 6.04 Å². The van der Waals surface area contributed by atoms with Crippen molar-refractivity contribution in [3.8, 4) is 0 Å². The third kappa shape index (κ3) is 1.74. The molecule has 0 bridgehead atoms. The van der Waals surface area contributed by atoms with Gasteiger partial charge in [0, 0.05) is 5.38 Å². The van der Waals surface area contributed by atoms with E-state index in [1.807, 2.05) is 12.3 Å². The van der Waals surface area contributed by atoms with Crippen LogP contribution in [0.4, 0.5) is 0 Å². The Balaban J connectivity index is 2.85. The number of aromatic nitrogens is 1. The van der Waals surface area contributed by atoms with Gasteiger partial charge in [-0.05, 0) is 22.9 Å². The molecule has 2 nitrogen and oxygen atoms in total. The van der Waals surface area contributed by atoms with Gasteiger partial charge in [-0.25, -0.2) is 4.98 Å². The first-order valence-electron chi connectivity index (χ1n) is 2.56. The smallest absolute Gasteiger partial charge is 0.117 e. The Kier molecular flexibility index (Phi) is 2.21. The quantitative estimate of drug-likeness (QED) is 0.764.